The van der Waals surface area contributed by atoms with E-state index in [1.54, 1.807) is 13.1 Å². The first-order valence-corrected chi connectivity index (χ1v) is 5.23. The lowest BCUT2D eigenvalue weighted by atomic mass is 10.2. The third kappa shape index (κ3) is 3.58. The fraction of sp³-hybridized carbons (Fsp3) is 0.545. The van der Waals surface area contributed by atoms with Crippen molar-refractivity contribution in [2.75, 3.05) is 32.7 Å². The van der Waals surface area contributed by atoms with Gasteiger partial charge in [-0.1, -0.05) is 6.92 Å². The van der Waals surface area contributed by atoms with Crippen molar-refractivity contribution in [3.8, 4) is 5.88 Å². The summed E-state index contributed by atoms with van der Waals surface area (Å²) in [5.41, 5.74) is 0. The van der Waals surface area contributed by atoms with Gasteiger partial charge in [-0.15, -0.1) is 0 Å². The molecule has 6 heteroatoms. The van der Waals surface area contributed by atoms with Crippen molar-refractivity contribution in [2.24, 2.45) is 5.92 Å². The monoisotopic (exact) mass is 239 g/mol. The Morgan fingerprint density at radius 2 is 2.18 bits per heavy atom. The Kier molecular flexibility index (Phi) is 4.68. The van der Waals surface area contributed by atoms with Crippen molar-refractivity contribution in [1.82, 2.24) is 9.97 Å². The molecule has 17 heavy (non-hydrogen) atoms. The van der Waals surface area contributed by atoms with E-state index in [0.29, 0.717) is 18.2 Å². The van der Waals surface area contributed by atoms with Gasteiger partial charge in [-0.3, -0.25) is 9.78 Å². The zero-order valence-corrected chi connectivity index (χ0v) is 10.5. The summed E-state index contributed by atoms with van der Waals surface area (Å²) in [6.45, 7) is 2.31. The van der Waals surface area contributed by atoms with Crippen LogP contribution in [0.25, 0.3) is 0 Å². The maximum atomic E-state index is 11.3. The summed E-state index contributed by atoms with van der Waals surface area (Å²) in [5.74, 6) is 0.630. The topological polar surface area (TPSA) is 64.5 Å². The summed E-state index contributed by atoms with van der Waals surface area (Å²) in [7, 11) is 4.75. The average Bonchev–Trinajstić information content (AvgIpc) is 2.37. The molecule has 0 amide bonds. The van der Waals surface area contributed by atoms with Gasteiger partial charge in [0.1, 0.15) is 0 Å². The fourth-order valence-corrected chi connectivity index (χ4v) is 1.40. The highest BCUT2D eigenvalue weighted by Crippen LogP contribution is 2.13. The second-order valence-corrected chi connectivity index (χ2v) is 3.72. The molecule has 0 fully saturated rings. The summed E-state index contributed by atoms with van der Waals surface area (Å²) in [6.07, 6.45) is 3.15. The first-order chi connectivity index (χ1) is 8.08. The maximum absolute atomic E-state index is 11.3. The van der Waals surface area contributed by atoms with E-state index in [2.05, 4.69) is 14.7 Å². The van der Waals surface area contributed by atoms with Gasteiger partial charge in [0, 0.05) is 13.6 Å². The van der Waals surface area contributed by atoms with Crippen LogP contribution in [-0.4, -0.2) is 43.7 Å². The molecule has 1 rings (SSSR count). The van der Waals surface area contributed by atoms with Crippen LogP contribution in [0.3, 0.4) is 0 Å². The second-order valence-electron chi connectivity index (χ2n) is 3.72. The molecule has 0 bridgehead atoms. The number of hydrogen-bond acceptors (Lipinski definition) is 6. The number of rotatable bonds is 5. The molecular formula is C11H17N3O3. The zero-order chi connectivity index (χ0) is 12.8. The average molecular weight is 239 g/mol. The van der Waals surface area contributed by atoms with Crippen LogP contribution >= 0.6 is 0 Å². The number of hydrogen-bond donors (Lipinski definition) is 0. The Morgan fingerprint density at radius 1 is 1.47 bits per heavy atom. The van der Waals surface area contributed by atoms with E-state index in [1.165, 1.54) is 20.4 Å². The van der Waals surface area contributed by atoms with E-state index in [1.807, 2.05) is 11.9 Å². The Balaban J connectivity index is 2.68. The largest absolute Gasteiger partial charge is 0.480 e. The molecule has 0 saturated heterocycles. The molecule has 0 saturated carbocycles. The highest BCUT2D eigenvalue weighted by Gasteiger charge is 2.16. The van der Waals surface area contributed by atoms with Gasteiger partial charge in [-0.2, -0.15) is 4.98 Å². The van der Waals surface area contributed by atoms with Gasteiger partial charge in [-0.05, 0) is 0 Å². The molecule has 0 aliphatic rings. The SMILES string of the molecule is COC(=O)C(C)CN(C)c1cncc(OC)n1. The molecule has 0 aliphatic heterocycles. The number of anilines is 1. The molecule has 1 heterocycles. The van der Waals surface area contributed by atoms with Crippen LogP contribution in [0.4, 0.5) is 5.82 Å². The van der Waals surface area contributed by atoms with Crippen molar-refractivity contribution in [2.45, 2.75) is 6.92 Å². The van der Waals surface area contributed by atoms with Gasteiger partial charge in [0.25, 0.3) is 0 Å². The van der Waals surface area contributed by atoms with Crippen molar-refractivity contribution in [3.63, 3.8) is 0 Å². The first kappa shape index (κ1) is 13.2. The molecule has 0 radical (unpaired) electrons. The highest BCUT2D eigenvalue weighted by molar-refractivity contribution is 5.72. The van der Waals surface area contributed by atoms with E-state index in [0.717, 1.165) is 0 Å². The van der Waals surface area contributed by atoms with E-state index in [4.69, 9.17) is 4.74 Å². The molecule has 1 unspecified atom stereocenters. The van der Waals surface area contributed by atoms with Gasteiger partial charge < -0.3 is 14.4 Å². The van der Waals surface area contributed by atoms with E-state index >= 15 is 0 Å². The summed E-state index contributed by atoms with van der Waals surface area (Å²) >= 11 is 0. The Bertz CT molecular complexity index is 384. The summed E-state index contributed by atoms with van der Waals surface area (Å²) in [4.78, 5) is 21.3. The molecule has 1 aromatic rings. The number of carbonyl (C=O) groups excluding carboxylic acids is 1. The summed E-state index contributed by atoms with van der Waals surface area (Å²) < 4.78 is 9.65. The molecule has 0 N–H and O–H groups in total. The van der Waals surface area contributed by atoms with Gasteiger partial charge in [0.15, 0.2) is 5.82 Å². The number of methoxy groups -OCH3 is 2. The van der Waals surface area contributed by atoms with E-state index in [9.17, 15) is 4.79 Å². The van der Waals surface area contributed by atoms with E-state index < -0.39 is 0 Å². The standard InChI is InChI=1S/C11H17N3O3/c1-8(11(15)17-4)7-14(2)9-5-12-6-10(13-9)16-3/h5-6,8H,7H2,1-4H3. The fourth-order valence-electron chi connectivity index (χ4n) is 1.40. The lowest BCUT2D eigenvalue weighted by molar-refractivity contribution is -0.144. The van der Waals surface area contributed by atoms with Crippen molar-refractivity contribution < 1.29 is 14.3 Å². The maximum Gasteiger partial charge on any atom is 0.310 e. The van der Waals surface area contributed by atoms with Gasteiger partial charge in [0.05, 0.1) is 32.5 Å². The molecule has 1 aromatic heterocycles. The van der Waals surface area contributed by atoms with Gasteiger partial charge in [-0.25, -0.2) is 0 Å². The third-order valence-corrected chi connectivity index (χ3v) is 2.35. The van der Waals surface area contributed by atoms with Gasteiger partial charge >= 0.3 is 5.97 Å². The lowest BCUT2D eigenvalue weighted by Crippen LogP contribution is -2.29. The van der Waals surface area contributed by atoms with E-state index in [-0.39, 0.29) is 11.9 Å². The van der Waals surface area contributed by atoms with Crippen molar-refractivity contribution in [3.05, 3.63) is 12.4 Å². The molecule has 0 aliphatic carbocycles. The molecule has 1 atom stereocenters. The van der Waals surface area contributed by atoms with Crippen LogP contribution in [0, 0.1) is 5.92 Å². The van der Waals surface area contributed by atoms with Crippen molar-refractivity contribution in [1.29, 1.82) is 0 Å². The van der Waals surface area contributed by atoms with Crippen LogP contribution < -0.4 is 9.64 Å². The predicted molar refractivity (Wildman–Crippen MR) is 63.0 cm³/mol. The van der Waals surface area contributed by atoms with Crippen LogP contribution in [-0.2, 0) is 9.53 Å². The minimum atomic E-state index is -0.243. The Labute approximate surface area is 101 Å². The Hall–Kier alpha value is -1.85. The minimum Gasteiger partial charge on any atom is -0.480 e. The molecular weight excluding hydrogens is 222 g/mol. The number of esters is 1. The molecule has 0 aromatic carbocycles. The molecule has 6 nitrogen and oxygen atoms in total. The smallest absolute Gasteiger partial charge is 0.310 e. The minimum absolute atomic E-state index is 0.224. The number of carbonyl (C=O) groups is 1. The van der Waals surface area contributed by atoms with Crippen LogP contribution in [0.2, 0.25) is 0 Å². The van der Waals surface area contributed by atoms with Crippen LogP contribution in [0.1, 0.15) is 6.92 Å². The second kappa shape index (κ2) is 6.03. The normalized spacial score (nSPS) is 11.8. The third-order valence-electron chi connectivity index (χ3n) is 2.35. The van der Waals surface area contributed by atoms with Crippen molar-refractivity contribution >= 4 is 11.8 Å². The quantitative estimate of drug-likeness (QED) is 0.706. The Morgan fingerprint density at radius 3 is 2.76 bits per heavy atom. The molecule has 94 valence electrons. The molecule has 0 spiro atoms. The number of aromatic nitrogens is 2. The summed E-state index contributed by atoms with van der Waals surface area (Å²) in [5, 5.41) is 0. The number of ether oxygens (including phenoxy) is 2. The van der Waals surface area contributed by atoms with Crippen LogP contribution in [0.5, 0.6) is 5.88 Å². The number of nitrogens with zero attached hydrogens (tertiary/aromatic N) is 3. The first-order valence-electron chi connectivity index (χ1n) is 5.23. The predicted octanol–water partition coefficient (Wildman–Crippen LogP) is 0.730. The lowest BCUT2D eigenvalue weighted by Gasteiger charge is -2.20. The van der Waals surface area contributed by atoms with Gasteiger partial charge in [0.2, 0.25) is 5.88 Å². The van der Waals surface area contributed by atoms with Crippen LogP contribution in [0.15, 0.2) is 12.4 Å². The summed E-state index contributed by atoms with van der Waals surface area (Å²) in [6, 6.07) is 0. The highest BCUT2D eigenvalue weighted by atomic mass is 16.5. The zero-order valence-electron chi connectivity index (χ0n) is 10.5.